The van der Waals surface area contributed by atoms with E-state index < -0.39 is 0 Å². The molecule has 1 atom stereocenters. The Morgan fingerprint density at radius 1 is 0.889 bits per heavy atom. The quantitative estimate of drug-likeness (QED) is 0.428. The lowest BCUT2D eigenvalue weighted by Crippen LogP contribution is -2.19. The Morgan fingerprint density at radius 3 is 2.48 bits per heavy atom. The summed E-state index contributed by atoms with van der Waals surface area (Å²) in [6, 6.07) is 23.9. The minimum absolute atomic E-state index is 0.0892. The lowest BCUT2D eigenvalue weighted by atomic mass is 10.0. The molecule has 5 heteroatoms. The Balaban J connectivity index is 1.76. The number of nitrogens with one attached hydrogen (secondary N) is 1. The molecule has 132 valence electrons. The van der Waals surface area contributed by atoms with E-state index in [1.807, 2.05) is 48.5 Å². The minimum Gasteiger partial charge on any atom is -0.325 e. The summed E-state index contributed by atoms with van der Waals surface area (Å²) in [5, 5.41) is 4.74. The molecule has 1 aliphatic rings. The Bertz CT molecular complexity index is 1180. The number of allylic oxidation sites excluding steroid dienone is 1. The summed E-state index contributed by atoms with van der Waals surface area (Å²) >= 11 is 12.7. The van der Waals surface area contributed by atoms with E-state index >= 15 is 0 Å². The molecule has 1 aromatic heterocycles. The van der Waals surface area contributed by atoms with E-state index in [0.717, 1.165) is 33.8 Å². The molecule has 1 unspecified atom stereocenters. The van der Waals surface area contributed by atoms with Crippen LogP contribution in [0, 0.1) is 0 Å². The number of aromatic nitrogens is 2. The van der Waals surface area contributed by atoms with Crippen molar-refractivity contribution in [1.29, 1.82) is 0 Å². The number of para-hydroxylation sites is 2. The molecule has 0 radical (unpaired) electrons. The van der Waals surface area contributed by atoms with Crippen LogP contribution in [-0.2, 0) is 0 Å². The van der Waals surface area contributed by atoms with Crippen molar-refractivity contribution in [2.45, 2.75) is 6.04 Å². The first-order valence-electron chi connectivity index (χ1n) is 8.67. The fourth-order valence-corrected chi connectivity index (χ4v) is 4.09. The number of rotatable bonds is 2. The molecule has 0 amide bonds. The molecule has 2 heterocycles. The van der Waals surface area contributed by atoms with Crippen LogP contribution in [-0.4, -0.2) is 9.55 Å². The van der Waals surface area contributed by atoms with Crippen molar-refractivity contribution in [3.8, 4) is 0 Å². The van der Waals surface area contributed by atoms with E-state index in [1.165, 1.54) is 0 Å². The lowest BCUT2D eigenvalue weighted by Gasteiger charge is -2.27. The maximum absolute atomic E-state index is 6.57. The average molecular weight is 392 g/mol. The summed E-state index contributed by atoms with van der Waals surface area (Å²) in [5.74, 6) is 0.800. The van der Waals surface area contributed by atoms with E-state index in [4.69, 9.17) is 28.2 Å². The number of anilines is 1. The SMILES string of the molecule is Clc1ccc(C2C=C(c3ccccc3)Nc3nc4ccccc4n32)c(Cl)c1. The highest BCUT2D eigenvalue weighted by molar-refractivity contribution is 6.35. The van der Waals surface area contributed by atoms with Crippen LogP contribution in [0.2, 0.25) is 10.0 Å². The summed E-state index contributed by atoms with van der Waals surface area (Å²) in [6.45, 7) is 0. The van der Waals surface area contributed by atoms with Gasteiger partial charge in [0.05, 0.1) is 17.1 Å². The number of nitrogens with zero attached hydrogens (tertiary/aromatic N) is 2. The highest BCUT2D eigenvalue weighted by atomic mass is 35.5. The molecule has 27 heavy (non-hydrogen) atoms. The van der Waals surface area contributed by atoms with E-state index in [2.05, 4.69) is 34.2 Å². The number of fused-ring (bicyclic) bond motifs is 3. The second-order valence-electron chi connectivity index (χ2n) is 6.48. The highest BCUT2D eigenvalue weighted by Crippen LogP contribution is 2.39. The van der Waals surface area contributed by atoms with Gasteiger partial charge >= 0.3 is 0 Å². The van der Waals surface area contributed by atoms with Gasteiger partial charge in [0.1, 0.15) is 0 Å². The Labute approximate surface area is 166 Å². The second kappa shape index (κ2) is 6.45. The van der Waals surface area contributed by atoms with Gasteiger partial charge in [-0.25, -0.2) is 4.98 Å². The van der Waals surface area contributed by atoms with Crippen molar-refractivity contribution in [3.05, 3.63) is 100 Å². The van der Waals surface area contributed by atoms with Gasteiger partial charge < -0.3 is 5.32 Å². The summed E-state index contributed by atoms with van der Waals surface area (Å²) in [7, 11) is 0. The van der Waals surface area contributed by atoms with Gasteiger partial charge in [0.15, 0.2) is 0 Å². The number of hydrogen-bond donors (Lipinski definition) is 1. The number of imidazole rings is 1. The van der Waals surface area contributed by atoms with Crippen molar-refractivity contribution >= 4 is 45.9 Å². The minimum atomic E-state index is -0.0892. The monoisotopic (exact) mass is 391 g/mol. The van der Waals surface area contributed by atoms with Crippen molar-refractivity contribution < 1.29 is 0 Å². The molecule has 0 saturated heterocycles. The third kappa shape index (κ3) is 2.80. The van der Waals surface area contributed by atoms with Crippen molar-refractivity contribution in [1.82, 2.24) is 9.55 Å². The zero-order valence-electron chi connectivity index (χ0n) is 14.2. The third-order valence-corrected chi connectivity index (χ3v) is 5.37. The number of benzene rings is 3. The van der Waals surface area contributed by atoms with Crippen LogP contribution in [0.3, 0.4) is 0 Å². The van der Waals surface area contributed by atoms with Gasteiger partial charge in [-0.1, -0.05) is 71.7 Å². The lowest BCUT2D eigenvalue weighted by molar-refractivity contribution is 0.720. The molecule has 0 spiro atoms. The van der Waals surface area contributed by atoms with Crippen LogP contribution in [0.1, 0.15) is 17.2 Å². The van der Waals surface area contributed by atoms with Crippen molar-refractivity contribution in [2.75, 3.05) is 5.32 Å². The van der Waals surface area contributed by atoms with Crippen LogP contribution >= 0.6 is 23.2 Å². The fourth-order valence-electron chi connectivity index (χ4n) is 3.57. The van der Waals surface area contributed by atoms with E-state index in [9.17, 15) is 0 Å². The zero-order chi connectivity index (χ0) is 18.4. The number of halogens is 2. The van der Waals surface area contributed by atoms with Crippen LogP contribution in [0.4, 0.5) is 5.95 Å². The van der Waals surface area contributed by atoms with E-state index in [1.54, 1.807) is 6.07 Å². The topological polar surface area (TPSA) is 29.9 Å². The summed E-state index contributed by atoms with van der Waals surface area (Å²) < 4.78 is 2.18. The summed E-state index contributed by atoms with van der Waals surface area (Å²) in [5.41, 5.74) is 5.10. The van der Waals surface area contributed by atoms with Gasteiger partial charge in [0.25, 0.3) is 0 Å². The highest BCUT2D eigenvalue weighted by Gasteiger charge is 2.26. The largest absolute Gasteiger partial charge is 0.325 e. The molecule has 0 fully saturated rings. The molecule has 3 nitrogen and oxygen atoms in total. The molecular formula is C22H15Cl2N3. The van der Waals surface area contributed by atoms with Gasteiger partial charge in [-0.15, -0.1) is 0 Å². The summed E-state index contributed by atoms with van der Waals surface area (Å²) in [6.07, 6.45) is 2.19. The first-order valence-corrected chi connectivity index (χ1v) is 9.42. The van der Waals surface area contributed by atoms with Crippen LogP contribution in [0.15, 0.2) is 78.9 Å². The first-order chi connectivity index (χ1) is 13.2. The first kappa shape index (κ1) is 16.4. The van der Waals surface area contributed by atoms with Crippen LogP contribution in [0.25, 0.3) is 16.7 Å². The third-order valence-electron chi connectivity index (χ3n) is 4.81. The van der Waals surface area contributed by atoms with E-state index in [0.29, 0.717) is 10.0 Å². The standard InChI is InChI=1S/C22H15Cl2N3/c23-15-10-11-16(17(24)12-15)21-13-19(14-6-2-1-3-7-14)26-22-25-18-8-4-5-9-20(18)27(21)22/h1-13,21H,(H,25,26). The molecule has 0 aliphatic carbocycles. The number of hydrogen-bond acceptors (Lipinski definition) is 2. The zero-order valence-corrected chi connectivity index (χ0v) is 15.7. The average Bonchev–Trinajstić information content (AvgIpc) is 3.07. The molecule has 3 aromatic carbocycles. The van der Waals surface area contributed by atoms with Gasteiger partial charge in [0.2, 0.25) is 5.95 Å². The van der Waals surface area contributed by atoms with Gasteiger partial charge in [-0.2, -0.15) is 0 Å². The molecule has 1 N–H and O–H groups in total. The predicted octanol–water partition coefficient (Wildman–Crippen LogP) is 6.40. The van der Waals surface area contributed by atoms with Crippen LogP contribution in [0.5, 0.6) is 0 Å². The van der Waals surface area contributed by atoms with Crippen molar-refractivity contribution in [2.24, 2.45) is 0 Å². The van der Waals surface area contributed by atoms with Crippen molar-refractivity contribution in [3.63, 3.8) is 0 Å². The van der Waals surface area contributed by atoms with Gasteiger partial charge in [-0.05, 0) is 41.5 Å². The van der Waals surface area contributed by atoms with Gasteiger partial charge in [0, 0.05) is 15.7 Å². The smallest absolute Gasteiger partial charge is 0.209 e. The Kier molecular flexibility index (Phi) is 3.92. The molecular weight excluding hydrogens is 377 g/mol. The Morgan fingerprint density at radius 2 is 1.67 bits per heavy atom. The molecule has 5 rings (SSSR count). The normalized spacial score (nSPS) is 15.9. The molecule has 0 bridgehead atoms. The summed E-state index contributed by atoms with van der Waals surface area (Å²) in [4.78, 5) is 4.79. The molecule has 4 aromatic rings. The van der Waals surface area contributed by atoms with E-state index in [-0.39, 0.29) is 6.04 Å². The molecule has 0 saturated carbocycles. The Hall–Kier alpha value is -2.75. The van der Waals surface area contributed by atoms with Crippen LogP contribution < -0.4 is 5.32 Å². The maximum Gasteiger partial charge on any atom is 0.209 e. The second-order valence-corrected chi connectivity index (χ2v) is 7.32. The fraction of sp³-hybridized carbons (Fsp3) is 0.0455. The maximum atomic E-state index is 6.57. The predicted molar refractivity (Wildman–Crippen MR) is 112 cm³/mol. The van der Waals surface area contributed by atoms with Gasteiger partial charge in [-0.3, -0.25) is 4.57 Å². The molecule has 1 aliphatic heterocycles.